The Labute approximate surface area is 186 Å². The quantitative estimate of drug-likeness (QED) is 0.643. The summed E-state index contributed by atoms with van der Waals surface area (Å²) in [5.41, 5.74) is 7.17. The standard InChI is InChI=1S/C22H34ClN3O2.ClH/c1-22(2)8-10-26(11-9-22)14-15-6-4-5-7-19(15)25-21(27)16-12-17(23)18(24)13-20(16)28-3;/h12-13,15,19H,4-11,14,24H2,1-3H3,(H,25,27);1H/t15-,19-;/m1./s1. The predicted octanol–water partition coefficient (Wildman–Crippen LogP) is 4.76. The number of amides is 1. The van der Waals surface area contributed by atoms with Gasteiger partial charge in [0.2, 0.25) is 0 Å². The molecular formula is C22H35Cl2N3O2. The maximum atomic E-state index is 13.0. The molecule has 1 heterocycles. The zero-order valence-corrected chi connectivity index (χ0v) is 19.4. The lowest BCUT2D eigenvalue weighted by Crippen LogP contribution is -2.48. The molecule has 1 aliphatic heterocycles. The number of ether oxygens (including phenoxy) is 1. The Morgan fingerprint density at radius 2 is 1.93 bits per heavy atom. The Balaban J connectivity index is 0.00000300. The second-order valence-electron chi connectivity index (χ2n) is 9.16. The van der Waals surface area contributed by atoms with Crippen molar-refractivity contribution in [2.75, 3.05) is 32.5 Å². The number of hydrogen-bond acceptors (Lipinski definition) is 4. The van der Waals surface area contributed by atoms with Gasteiger partial charge in [-0.2, -0.15) is 0 Å². The van der Waals surface area contributed by atoms with Gasteiger partial charge in [-0.1, -0.05) is 38.3 Å². The largest absolute Gasteiger partial charge is 0.496 e. The molecule has 7 heteroatoms. The van der Waals surface area contributed by atoms with Crippen molar-refractivity contribution in [3.63, 3.8) is 0 Å². The Bertz CT molecular complexity index is 702. The minimum absolute atomic E-state index is 0. The monoisotopic (exact) mass is 443 g/mol. The molecule has 3 N–H and O–H groups in total. The molecule has 0 bridgehead atoms. The highest BCUT2D eigenvalue weighted by molar-refractivity contribution is 6.33. The van der Waals surface area contributed by atoms with Crippen molar-refractivity contribution in [1.82, 2.24) is 10.2 Å². The van der Waals surface area contributed by atoms with Gasteiger partial charge in [0.15, 0.2) is 0 Å². The third kappa shape index (κ3) is 6.16. The maximum absolute atomic E-state index is 13.0. The van der Waals surface area contributed by atoms with Crippen LogP contribution in [0.2, 0.25) is 5.02 Å². The van der Waals surface area contributed by atoms with Crippen LogP contribution in [0.15, 0.2) is 12.1 Å². The molecule has 1 aliphatic carbocycles. The number of likely N-dealkylation sites (tertiary alicyclic amines) is 1. The topological polar surface area (TPSA) is 67.6 Å². The van der Waals surface area contributed by atoms with Gasteiger partial charge < -0.3 is 20.7 Å². The summed E-state index contributed by atoms with van der Waals surface area (Å²) in [5.74, 6) is 0.828. The summed E-state index contributed by atoms with van der Waals surface area (Å²) in [6, 6.07) is 3.41. The fourth-order valence-electron chi connectivity index (χ4n) is 4.45. The molecule has 1 aromatic carbocycles. The molecule has 2 aliphatic rings. The summed E-state index contributed by atoms with van der Waals surface area (Å²) in [7, 11) is 1.54. The summed E-state index contributed by atoms with van der Waals surface area (Å²) in [6.07, 6.45) is 7.10. The fraction of sp³-hybridized carbons (Fsp3) is 0.682. The number of nitrogens with one attached hydrogen (secondary N) is 1. The number of carbonyl (C=O) groups is 1. The lowest BCUT2D eigenvalue weighted by molar-refractivity contribution is 0.0817. The number of halogens is 2. The highest BCUT2D eigenvalue weighted by Crippen LogP contribution is 2.33. The van der Waals surface area contributed by atoms with Crippen LogP contribution < -0.4 is 15.8 Å². The molecule has 29 heavy (non-hydrogen) atoms. The van der Waals surface area contributed by atoms with Crippen molar-refractivity contribution >= 4 is 35.6 Å². The first-order valence-electron chi connectivity index (χ1n) is 10.5. The summed E-state index contributed by atoms with van der Waals surface area (Å²) in [6.45, 7) is 8.11. The Kier molecular flexibility index (Phi) is 8.50. The second kappa shape index (κ2) is 10.2. The molecule has 2 atom stereocenters. The van der Waals surface area contributed by atoms with Crippen LogP contribution in [0.5, 0.6) is 5.75 Å². The number of nitrogens with zero attached hydrogens (tertiary/aromatic N) is 1. The number of methoxy groups -OCH3 is 1. The van der Waals surface area contributed by atoms with Crippen LogP contribution in [0, 0.1) is 11.3 Å². The normalized spacial score (nSPS) is 24.4. The molecule has 0 spiro atoms. The molecule has 1 saturated heterocycles. The first-order chi connectivity index (χ1) is 13.3. The van der Waals surface area contributed by atoms with Crippen LogP contribution in [-0.4, -0.2) is 43.6 Å². The van der Waals surface area contributed by atoms with Gasteiger partial charge in [0.25, 0.3) is 5.91 Å². The van der Waals surface area contributed by atoms with E-state index in [0.29, 0.717) is 33.4 Å². The van der Waals surface area contributed by atoms with Gasteiger partial charge in [0, 0.05) is 18.7 Å². The third-order valence-electron chi connectivity index (χ3n) is 6.49. The molecule has 5 nitrogen and oxygen atoms in total. The number of piperidine rings is 1. The van der Waals surface area contributed by atoms with Gasteiger partial charge in [-0.25, -0.2) is 0 Å². The average Bonchev–Trinajstić information content (AvgIpc) is 2.66. The van der Waals surface area contributed by atoms with Crippen LogP contribution in [0.3, 0.4) is 0 Å². The van der Waals surface area contributed by atoms with Gasteiger partial charge in [0.05, 0.1) is 23.4 Å². The van der Waals surface area contributed by atoms with Crippen LogP contribution in [0.4, 0.5) is 5.69 Å². The number of benzene rings is 1. The van der Waals surface area contributed by atoms with E-state index >= 15 is 0 Å². The molecule has 1 saturated carbocycles. The van der Waals surface area contributed by atoms with Gasteiger partial charge >= 0.3 is 0 Å². The summed E-state index contributed by atoms with van der Waals surface area (Å²) in [4.78, 5) is 15.6. The zero-order chi connectivity index (χ0) is 20.3. The van der Waals surface area contributed by atoms with Crippen molar-refractivity contribution < 1.29 is 9.53 Å². The van der Waals surface area contributed by atoms with Gasteiger partial charge in [-0.3, -0.25) is 4.79 Å². The summed E-state index contributed by atoms with van der Waals surface area (Å²) >= 11 is 6.14. The van der Waals surface area contributed by atoms with E-state index in [0.717, 1.165) is 32.5 Å². The molecule has 0 aromatic heterocycles. The van der Waals surface area contributed by atoms with Crippen LogP contribution in [0.1, 0.15) is 62.7 Å². The van der Waals surface area contributed by atoms with Crippen molar-refractivity contribution in [2.24, 2.45) is 11.3 Å². The van der Waals surface area contributed by atoms with E-state index in [4.69, 9.17) is 22.1 Å². The molecule has 3 rings (SSSR count). The van der Waals surface area contributed by atoms with Crippen molar-refractivity contribution in [2.45, 2.75) is 58.4 Å². The average molecular weight is 444 g/mol. The molecule has 164 valence electrons. The SMILES string of the molecule is COc1cc(N)c(Cl)cc1C(=O)N[C@@H]1CCCC[C@@H]1CN1CCC(C)(C)CC1.Cl. The van der Waals surface area contributed by atoms with E-state index in [-0.39, 0.29) is 24.4 Å². The second-order valence-corrected chi connectivity index (χ2v) is 9.57. The Morgan fingerprint density at radius 3 is 2.59 bits per heavy atom. The smallest absolute Gasteiger partial charge is 0.255 e. The highest BCUT2D eigenvalue weighted by atomic mass is 35.5. The van der Waals surface area contributed by atoms with Crippen molar-refractivity contribution in [1.29, 1.82) is 0 Å². The summed E-state index contributed by atoms with van der Waals surface area (Å²) < 4.78 is 5.35. The lowest BCUT2D eigenvalue weighted by atomic mass is 9.80. The maximum Gasteiger partial charge on any atom is 0.255 e. The molecule has 1 aromatic rings. The van der Waals surface area contributed by atoms with E-state index < -0.39 is 0 Å². The van der Waals surface area contributed by atoms with Crippen LogP contribution in [0.25, 0.3) is 0 Å². The molecule has 2 fully saturated rings. The van der Waals surface area contributed by atoms with Crippen LogP contribution >= 0.6 is 24.0 Å². The summed E-state index contributed by atoms with van der Waals surface area (Å²) in [5, 5.41) is 3.64. The number of rotatable bonds is 5. The van der Waals surface area contributed by atoms with E-state index in [9.17, 15) is 4.79 Å². The molecule has 0 radical (unpaired) electrons. The van der Waals surface area contributed by atoms with E-state index in [1.54, 1.807) is 19.2 Å². The molecular weight excluding hydrogens is 409 g/mol. The van der Waals surface area contributed by atoms with Crippen molar-refractivity contribution in [3.8, 4) is 5.75 Å². The first kappa shape index (κ1) is 24.1. The Morgan fingerprint density at radius 1 is 1.28 bits per heavy atom. The zero-order valence-electron chi connectivity index (χ0n) is 17.8. The number of carbonyl (C=O) groups excluding carboxylic acids is 1. The van der Waals surface area contributed by atoms with Gasteiger partial charge in [0.1, 0.15) is 5.75 Å². The van der Waals surface area contributed by atoms with E-state index in [1.807, 2.05) is 0 Å². The minimum Gasteiger partial charge on any atom is -0.496 e. The fourth-order valence-corrected chi connectivity index (χ4v) is 4.61. The number of anilines is 1. The number of hydrogen-bond donors (Lipinski definition) is 2. The Hall–Kier alpha value is -1.17. The lowest BCUT2D eigenvalue weighted by Gasteiger charge is -2.41. The van der Waals surface area contributed by atoms with Gasteiger partial charge in [-0.15, -0.1) is 12.4 Å². The number of nitrogens with two attached hydrogens (primary N) is 1. The van der Waals surface area contributed by atoms with Crippen LogP contribution in [-0.2, 0) is 0 Å². The highest BCUT2D eigenvalue weighted by Gasteiger charge is 2.32. The van der Waals surface area contributed by atoms with Crippen molar-refractivity contribution in [3.05, 3.63) is 22.7 Å². The third-order valence-corrected chi connectivity index (χ3v) is 6.82. The minimum atomic E-state index is -0.129. The predicted molar refractivity (Wildman–Crippen MR) is 122 cm³/mol. The first-order valence-corrected chi connectivity index (χ1v) is 10.8. The molecule has 0 unspecified atom stereocenters. The van der Waals surface area contributed by atoms with Gasteiger partial charge in [-0.05, 0) is 56.2 Å². The molecule has 1 amide bonds. The van der Waals surface area contributed by atoms with E-state index in [1.165, 1.54) is 25.7 Å². The number of nitrogen functional groups attached to an aromatic ring is 1. The van der Waals surface area contributed by atoms with E-state index in [2.05, 4.69) is 24.1 Å².